The first-order chi connectivity index (χ1) is 15.9. The van der Waals surface area contributed by atoms with Crippen LogP contribution in [0.25, 0.3) is 5.69 Å². The molecule has 1 N–H and O–H groups in total. The molecule has 4 heterocycles. The number of aromatic nitrogens is 3. The second kappa shape index (κ2) is 8.19. The van der Waals surface area contributed by atoms with Gasteiger partial charge in [0.15, 0.2) is 6.04 Å². The van der Waals surface area contributed by atoms with Crippen molar-refractivity contribution in [2.75, 3.05) is 6.54 Å². The van der Waals surface area contributed by atoms with E-state index in [1.54, 1.807) is 41.6 Å². The third-order valence-corrected chi connectivity index (χ3v) is 7.21. The molecule has 0 spiro atoms. The van der Waals surface area contributed by atoms with Gasteiger partial charge in [0.25, 0.3) is 0 Å². The number of carboxylic acid groups (broad SMARTS) is 1. The smallest absolute Gasteiger partial charge is 0.329 e. The lowest BCUT2D eigenvalue weighted by Crippen LogP contribution is -2.43. The fourth-order valence-corrected chi connectivity index (χ4v) is 5.26. The lowest BCUT2D eigenvalue weighted by molar-refractivity contribution is -0.142. The SMILES string of the molecule is O=C(O)C1c2occc2CCN1S(=O)(=O)c1ccc(Oc2ccc(-n3ccnc3)cn2)cc1. The van der Waals surface area contributed by atoms with Gasteiger partial charge in [0.1, 0.15) is 11.5 Å². The molecule has 3 aromatic heterocycles. The highest BCUT2D eigenvalue weighted by Gasteiger charge is 2.42. The topological polar surface area (TPSA) is 128 Å². The Labute approximate surface area is 188 Å². The minimum absolute atomic E-state index is 0.0390. The van der Waals surface area contributed by atoms with Crippen LogP contribution in [0.3, 0.4) is 0 Å². The molecule has 0 radical (unpaired) electrons. The van der Waals surface area contributed by atoms with Gasteiger partial charge in [-0.2, -0.15) is 4.31 Å². The van der Waals surface area contributed by atoms with Crippen LogP contribution in [-0.4, -0.2) is 44.9 Å². The molecule has 168 valence electrons. The van der Waals surface area contributed by atoms with E-state index in [1.165, 1.54) is 30.5 Å². The number of sulfonamides is 1. The molecule has 11 heteroatoms. The van der Waals surface area contributed by atoms with E-state index in [4.69, 9.17) is 9.15 Å². The van der Waals surface area contributed by atoms with E-state index in [9.17, 15) is 18.3 Å². The van der Waals surface area contributed by atoms with Crippen LogP contribution in [0.1, 0.15) is 17.4 Å². The molecule has 0 bridgehead atoms. The molecule has 1 aliphatic heterocycles. The predicted molar refractivity (Wildman–Crippen MR) is 115 cm³/mol. The van der Waals surface area contributed by atoms with Crippen LogP contribution >= 0.6 is 0 Å². The van der Waals surface area contributed by atoms with Crippen molar-refractivity contribution in [1.82, 2.24) is 18.8 Å². The van der Waals surface area contributed by atoms with Gasteiger partial charge in [-0.3, -0.25) is 0 Å². The summed E-state index contributed by atoms with van der Waals surface area (Å²) in [5.41, 5.74) is 1.51. The van der Waals surface area contributed by atoms with Gasteiger partial charge in [-0.1, -0.05) is 0 Å². The summed E-state index contributed by atoms with van der Waals surface area (Å²) in [5, 5.41) is 9.67. The van der Waals surface area contributed by atoms with Gasteiger partial charge in [0.2, 0.25) is 15.9 Å². The van der Waals surface area contributed by atoms with Crippen LogP contribution in [0.5, 0.6) is 11.6 Å². The van der Waals surface area contributed by atoms with Crippen LogP contribution in [0, 0.1) is 0 Å². The third-order valence-electron chi connectivity index (χ3n) is 5.33. The Hall–Kier alpha value is -3.96. The first kappa shape index (κ1) is 20.9. The van der Waals surface area contributed by atoms with Crippen molar-refractivity contribution in [2.45, 2.75) is 17.4 Å². The van der Waals surface area contributed by atoms with E-state index in [-0.39, 0.29) is 17.2 Å². The lowest BCUT2D eigenvalue weighted by Gasteiger charge is -2.31. The summed E-state index contributed by atoms with van der Waals surface area (Å²) >= 11 is 0. The van der Waals surface area contributed by atoms with Crippen LogP contribution in [0.15, 0.2) is 83.0 Å². The van der Waals surface area contributed by atoms with Crippen molar-refractivity contribution in [2.24, 2.45) is 0 Å². The predicted octanol–water partition coefficient (Wildman–Crippen LogP) is 3.03. The van der Waals surface area contributed by atoms with E-state index < -0.39 is 22.0 Å². The van der Waals surface area contributed by atoms with E-state index >= 15 is 0 Å². The van der Waals surface area contributed by atoms with Crippen LogP contribution in [0.2, 0.25) is 0 Å². The number of hydrogen-bond acceptors (Lipinski definition) is 7. The number of carbonyl (C=O) groups is 1. The highest BCUT2D eigenvalue weighted by molar-refractivity contribution is 7.89. The third kappa shape index (κ3) is 3.88. The van der Waals surface area contributed by atoms with Crippen LogP contribution in [-0.2, 0) is 21.2 Å². The molecule has 5 rings (SSSR count). The number of ether oxygens (including phenoxy) is 1. The normalized spacial score (nSPS) is 16.3. The van der Waals surface area contributed by atoms with Gasteiger partial charge in [-0.05, 0) is 48.4 Å². The summed E-state index contributed by atoms with van der Waals surface area (Å²) in [4.78, 5) is 20.1. The molecule has 1 unspecified atom stereocenters. The Bertz CT molecular complexity index is 1380. The van der Waals surface area contributed by atoms with Crippen molar-refractivity contribution in [3.05, 3.63) is 85.0 Å². The van der Waals surface area contributed by atoms with Gasteiger partial charge in [-0.25, -0.2) is 23.2 Å². The second-order valence-electron chi connectivity index (χ2n) is 7.31. The molecule has 1 atom stereocenters. The van der Waals surface area contributed by atoms with Gasteiger partial charge in [-0.15, -0.1) is 0 Å². The maximum absolute atomic E-state index is 13.2. The minimum Gasteiger partial charge on any atom is -0.480 e. The monoisotopic (exact) mass is 466 g/mol. The van der Waals surface area contributed by atoms with Crippen LogP contribution in [0.4, 0.5) is 0 Å². The van der Waals surface area contributed by atoms with E-state index in [2.05, 4.69) is 9.97 Å². The first-order valence-electron chi connectivity index (χ1n) is 9.97. The zero-order valence-electron chi connectivity index (χ0n) is 17.1. The van der Waals surface area contributed by atoms with Crippen molar-refractivity contribution >= 4 is 16.0 Å². The number of pyridine rings is 1. The molecule has 0 amide bonds. The Morgan fingerprint density at radius 3 is 2.64 bits per heavy atom. The Balaban J connectivity index is 1.35. The molecular weight excluding hydrogens is 448 g/mol. The summed E-state index contributed by atoms with van der Waals surface area (Å²) in [5.74, 6) is -0.428. The summed E-state index contributed by atoms with van der Waals surface area (Å²) in [6.07, 6.45) is 8.48. The van der Waals surface area contributed by atoms with Gasteiger partial charge in [0, 0.05) is 25.0 Å². The molecule has 10 nitrogen and oxygen atoms in total. The van der Waals surface area contributed by atoms with Crippen molar-refractivity contribution < 1.29 is 27.5 Å². The number of fused-ring (bicyclic) bond motifs is 1. The zero-order chi connectivity index (χ0) is 23.0. The van der Waals surface area contributed by atoms with Crippen LogP contribution < -0.4 is 4.74 Å². The van der Waals surface area contributed by atoms with Crippen molar-refractivity contribution in [3.8, 4) is 17.3 Å². The molecule has 1 aromatic carbocycles. The number of benzene rings is 1. The maximum atomic E-state index is 13.2. The van der Waals surface area contributed by atoms with E-state index in [1.807, 2.05) is 6.07 Å². The van der Waals surface area contributed by atoms with Gasteiger partial charge < -0.3 is 18.8 Å². The Kier molecular flexibility index (Phi) is 5.19. The average molecular weight is 466 g/mol. The largest absolute Gasteiger partial charge is 0.480 e. The number of imidazole rings is 1. The Morgan fingerprint density at radius 1 is 1.15 bits per heavy atom. The molecule has 0 fully saturated rings. The summed E-state index contributed by atoms with van der Waals surface area (Å²) in [6.45, 7) is 0.0390. The highest BCUT2D eigenvalue weighted by Crippen LogP contribution is 2.35. The number of aliphatic carboxylic acids is 1. The van der Waals surface area contributed by atoms with Crippen molar-refractivity contribution in [3.63, 3.8) is 0 Å². The summed E-state index contributed by atoms with van der Waals surface area (Å²) in [6, 6.07) is 9.50. The standard InChI is InChI=1S/C22H18N4O6S/c27-22(28)20-21-15(8-12-31-21)7-10-26(20)33(29,30)18-4-2-17(3-5-18)32-19-6-1-16(13-24-19)25-11-9-23-14-25/h1-6,8-9,11-14,20H,7,10H2,(H,27,28). The molecule has 1 aliphatic rings. The molecule has 0 saturated heterocycles. The number of nitrogens with zero attached hydrogens (tertiary/aromatic N) is 4. The fraction of sp³-hybridized carbons (Fsp3) is 0.136. The maximum Gasteiger partial charge on any atom is 0.329 e. The number of hydrogen-bond donors (Lipinski definition) is 1. The van der Waals surface area contributed by atoms with E-state index in [0.29, 0.717) is 23.6 Å². The summed E-state index contributed by atoms with van der Waals surface area (Å²) < 4.78 is 40.2. The van der Waals surface area contributed by atoms with Crippen molar-refractivity contribution in [1.29, 1.82) is 0 Å². The van der Waals surface area contributed by atoms with Gasteiger partial charge in [0.05, 0.1) is 29.4 Å². The Morgan fingerprint density at radius 2 is 1.97 bits per heavy atom. The zero-order valence-corrected chi connectivity index (χ0v) is 17.9. The fourth-order valence-electron chi connectivity index (χ4n) is 3.71. The molecule has 4 aromatic rings. The number of rotatable bonds is 6. The quantitative estimate of drug-likeness (QED) is 0.459. The first-order valence-corrected chi connectivity index (χ1v) is 11.4. The number of furan rings is 1. The number of carboxylic acids is 1. The molecule has 0 saturated carbocycles. The second-order valence-corrected chi connectivity index (χ2v) is 9.21. The molecular formula is C22H18N4O6S. The lowest BCUT2D eigenvalue weighted by atomic mass is 10.0. The average Bonchev–Trinajstić information content (AvgIpc) is 3.51. The minimum atomic E-state index is -4.08. The van der Waals surface area contributed by atoms with Gasteiger partial charge >= 0.3 is 5.97 Å². The molecule has 0 aliphatic carbocycles. The highest BCUT2D eigenvalue weighted by atomic mass is 32.2. The molecule has 33 heavy (non-hydrogen) atoms. The van der Waals surface area contributed by atoms with E-state index in [0.717, 1.165) is 9.99 Å². The summed E-state index contributed by atoms with van der Waals surface area (Å²) in [7, 11) is -4.08.